The van der Waals surface area contributed by atoms with Crippen LogP contribution in [0.15, 0.2) is 0 Å². The maximum atomic E-state index is 11.6. The average Bonchev–Trinajstić information content (AvgIpc) is 2.12. The molecule has 98 valence electrons. The van der Waals surface area contributed by atoms with Crippen LogP contribution in [-0.2, 0) is 23.4 Å². The molecule has 0 atom stereocenters. The van der Waals surface area contributed by atoms with Gasteiger partial charge in [0.05, 0.1) is 0 Å². The van der Waals surface area contributed by atoms with Crippen molar-refractivity contribution >= 4 is 78.5 Å². The van der Waals surface area contributed by atoms with Gasteiger partial charge in [-0.2, -0.15) is 0 Å². The zero-order valence-electron chi connectivity index (χ0n) is 7.79. The number of halogens is 5. The molecule has 11 heteroatoms. The van der Waals surface area contributed by atoms with Crippen LogP contribution in [0.4, 0.5) is 0 Å². The van der Waals surface area contributed by atoms with E-state index in [9.17, 15) is 14.4 Å². The Bertz CT molecular complexity index is 385. The molecule has 1 fully saturated rings. The van der Waals surface area contributed by atoms with E-state index in [1.807, 2.05) is 0 Å². The summed E-state index contributed by atoms with van der Waals surface area (Å²) in [6, 6.07) is 0. The minimum atomic E-state index is -4.70. The standard InChI is InChI=1S/C6H4Cl5O5P/c7-3(12)1-6(2-4(8)13)5(14)15-17(9,10,11)16-6/h1-2H2. The second kappa shape index (κ2) is 4.64. The van der Waals surface area contributed by atoms with Gasteiger partial charge in [0.1, 0.15) is 0 Å². The van der Waals surface area contributed by atoms with Gasteiger partial charge in [0.25, 0.3) is 0 Å². The number of hydrogen-bond acceptors (Lipinski definition) is 5. The van der Waals surface area contributed by atoms with Crippen molar-refractivity contribution in [3.05, 3.63) is 0 Å². The van der Waals surface area contributed by atoms with Crippen LogP contribution in [0.3, 0.4) is 0 Å². The molecule has 1 aliphatic heterocycles. The van der Waals surface area contributed by atoms with Crippen molar-refractivity contribution in [1.82, 2.24) is 0 Å². The van der Waals surface area contributed by atoms with Crippen molar-refractivity contribution in [1.29, 1.82) is 0 Å². The van der Waals surface area contributed by atoms with Crippen molar-refractivity contribution in [2.24, 2.45) is 0 Å². The molecule has 5 nitrogen and oxygen atoms in total. The fourth-order valence-corrected chi connectivity index (χ4v) is 4.64. The summed E-state index contributed by atoms with van der Waals surface area (Å²) in [5.74, 6) is -1.15. The van der Waals surface area contributed by atoms with Gasteiger partial charge in [0.2, 0.25) is 0 Å². The van der Waals surface area contributed by atoms with Crippen molar-refractivity contribution in [3.63, 3.8) is 0 Å². The van der Waals surface area contributed by atoms with Crippen molar-refractivity contribution in [3.8, 4) is 0 Å². The fraction of sp³-hybridized carbons (Fsp3) is 0.500. The van der Waals surface area contributed by atoms with Gasteiger partial charge in [-0.05, 0) is 0 Å². The molecule has 17 heavy (non-hydrogen) atoms. The Balaban J connectivity index is 3.12. The molecule has 0 aromatic rings. The van der Waals surface area contributed by atoms with Crippen molar-refractivity contribution < 1.29 is 23.4 Å². The van der Waals surface area contributed by atoms with E-state index in [2.05, 4.69) is 4.52 Å². The predicted molar refractivity (Wildman–Crippen MR) is 65.3 cm³/mol. The first kappa shape index (κ1) is 15.7. The first-order valence-corrected chi connectivity index (χ1v) is 9.48. The summed E-state index contributed by atoms with van der Waals surface area (Å²) in [6.45, 7) is 0. The van der Waals surface area contributed by atoms with E-state index in [1.54, 1.807) is 0 Å². The molecule has 0 spiro atoms. The second-order valence-electron chi connectivity index (χ2n) is 3.21. The Kier molecular flexibility index (Phi) is 4.29. The molecule has 1 rings (SSSR count). The van der Waals surface area contributed by atoms with E-state index in [-0.39, 0.29) is 0 Å². The van der Waals surface area contributed by atoms with Crippen LogP contribution in [0, 0.1) is 0 Å². The van der Waals surface area contributed by atoms with Crippen LogP contribution in [-0.4, -0.2) is 22.1 Å². The van der Waals surface area contributed by atoms with Crippen LogP contribution < -0.4 is 0 Å². The van der Waals surface area contributed by atoms with Gasteiger partial charge in [0, 0.05) is 0 Å². The summed E-state index contributed by atoms with van der Waals surface area (Å²) in [4.78, 5) is 33.3. The average molecular weight is 364 g/mol. The molecular formula is C6H4Cl5O5P. The Morgan fingerprint density at radius 3 is 1.76 bits per heavy atom. The normalized spacial score (nSPS) is 26.6. The fourth-order valence-electron chi connectivity index (χ4n) is 1.26. The number of rotatable bonds is 4. The van der Waals surface area contributed by atoms with Crippen molar-refractivity contribution in [2.45, 2.75) is 18.4 Å². The number of carbonyl (C=O) groups is 3. The molecule has 0 N–H and O–H groups in total. The molecule has 0 aromatic heterocycles. The third kappa shape index (κ3) is 4.06. The van der Waals surface area contributed by atoms with Crippen LogP contribution in [0.2, 0.25) is 0 Å². The van der Waals surface area contributed by atoms with E-state index >= 15 is 0 Å². The van der Waals surface area contributed by atoms with Crippen molar-refractivity contribution in [2.75, 3.05) is 0 Å². The van der Waals surface area contributed by atoms with Gasteiger partial charge in [-0.25, -0.2) is 0 Å². The second-order valence-corrected chi connectivity index (χ2v) is 12.9. The molecule has 0 radical (unpaired) electrons. The zero-order valence-corrected chi connectivity index (χ0v) is 12.5. The third-order valence-electron chi connectivity index (χ3n) is 1.76. The summed E-state index contributed by atoms with van der Waals surface area (Å²) >= 11 is 26.9. The number of hydrogen-bond donors (Lipinski definition) is 0. The summed E-state index contributed by atoms with van der Waals surface area (Å²) in [6.07, 6.45) is -1.37. The van der Waals surface area contributed by atoms with Gasteiger partial charge in [-0.15, -0.1) is 0 Å². The molecule has 0 saturated carbocycles. The molecule has 0 aromatic carbocycles. The quantitative estimate of drug-likeness (QED) is 0.564. The van der Waals surface area contributed by atoms with Crippen LogP contribution in [0.25, 0.3) is 0 Å². The Labute approximate surface area is 120 Å². The van der Waals surface area contributed by atoms with E-state index in [0.29, 0.717) is 0 Å². The molecule has 1 saturated heterocycles. The van der Waals surface area contributed by atoms with E-state index in [0.717, 1.165) is 0 Å². The summed E-state index contributed by atoms with van der Waals surface area (Å²) in [5.41, 5.74) is -2.07. The maximum absolute atomic E-state index is 11.6. The summed E-state index contributed by atoms with van der Waals surface area (Å²) in [5, 5.41) is -6.61. The third-order valence-corrected chi connectivity index (χ3v) is 4.35. The topological polar surface area (TPSA) is 69.7 Å². The van der Waals surface area contributed by atoms with Gasteiger partial charge in [-0.3, -0.25) is 0 Å². The molecule has 0 aliphatic carbocycles. The van der Waals surface area contributed by atoms with Gasteiger partial charge in [-0.1, -0.05) is 0 Å². The summed E-state index contributed by atoms with van der Waals surface area (Å²) < 4.78 is 9.40. The van der Waals surface area contributed by atoms with Gasteiger partial charge in [0.15, 0.2) is 0 Å². The molecular weight excluding hydrogens is 360 g/mol. The zero-order chi connectivity index (χ0) is 13.5. The number of carbonyl (C=O) groups excluding carboxylic acids is 3. The molecule has 0 amide bonds. The molecule has 1 heterocycles. The van der Waals surface area contributed by atoms with Gasteiger partial charge >= 0.3 is 120 Å². The van der Waals surface area contributed by atoms with E-state index < -0.39 is 40.0 Å². The predicted octanol–water partition coefficient (Wildman–Crippen LogP) is 3.45. The minimum absolute atomic E-state index is 0.685. The molecule has 0 unspecified atom stereocenters. The Morgan fingerprint density at radius 1 is 1.12 bits per heavy atom. The van der Waals surface area contributed by atoms with Gasteiger partial charge < -0.3 is 0 Å². The molecule has 1 aliphatic rings. The van der Waals surface area contributed by atoms with Crippen LogP contribution in [0.1, 0.15) is 12.8 Å². The van der Waals surface area contributed by atoms with E-state index in [1.165, 1.54) is 0 Å². The first-order valence-electron chi connectivity index (χ1n) is 3.94. The first-order chi connectivity index (χ1) is 7.43. The van der Waals surface area contributed by atoms with Crippen LogP contribution >= 0.6 is 62.0 Å². The van der Waals surface area contributed by atoms with E-state index in [4.69, 9.17) is 61.4 Å². The Hall–Kier alpha value is 0.650. The SMILES string of the molecule is O=C(Cl)CC1(CC(=O)Cl)OP(Cl)(Cl)(Cl)OC1=O. The Morgan fingerprint density at radius 2 is 1.53 bits per heavy atom. The monoisotopic (exact) mass is 362 g/mol. The molecule has 0 bridgehead atoms. The van der Waals surface area contributed by atoms with Crippen LogP contribution in [0.5, 0.6) is 0 Å². The summed E-state index contributed by atoms with van der Waals surface area (Å²) in [7, 11) is 0.